The fraction of sp³-hybridized carbons (Fsp3) is 0. The molecule has 0 atom stereocenters. The molecule has 0 N–H and O–H groups in total. The minimum absolute atomic E-state index is 0.174. The standard InChI is InChI=1S/C46H28Se/c1-2-13-29(14-3-1)43-35-19-8-10-21-37(35)45(38-22-11-9-20-36(38)43)40-23-12-24-41-46(40)39-26-25-32(28-42(39)47-41)44-33-17-6-4-15-30(33)27-31-16-5-7-18-34(31)44/h1-28H/i27D. The Labute approximate surface area is 280 Å². The van der Waals surface area contributed by atoms with Gasteiger partial charge in [0.2, 0.25) is 0 Å². The molecule has 218 valence electrons. The molecule has 0 nitrogen and oxygen atoms in total. The average Bonchev–Trinajstić information content (AvgIpc) is 3.53. The molecular formula is C46H28Se. The van der Waals surface area contributed by atoms with Crippen LogP contribution < -0.4 is 0 Å². The van der Waals surface area contributed by atoms with Crippen LogP contribution in [0.15, 0.2) is 170 Å². The monoisotopic (exact) mass is 661 g/mol. The summed E-state index contributed by atoms with van der Waals surface area (Å²) in [4.78, 5) is 0. The third-order valence-corrected chi connectivity index (χ3v) is 12.1. The van der Waals surface area contributed by atoms with Crippen molar-refractivity contribution in [1.29, 1.82) is 0 Å². The van der Waals surface area contributed by atoms with Crippen LogP contribution in [0.1, 0.15) is 1.37 Å². The van der Waals surface area contributed by atoms with Gasteiger partial charge in [-0.05, 0) is 0 Å². The minimum atomic E-state index is 0.174. The van der Waals surface area contributed by atoms with E-state index in [0.29, 0.717) is 6.04 Å². The zero-order valence-corrected chi connectivity index (χ0v) is 27.2. The molecule has 0 bridgehead atoms. The van der Waals surface area contributed by atoms with Crippen molar-refractivity contribution in [2.45, 2.75) is 0 Å². The molecule has 0 amide bonds. The van der Waals surface area contributed by atoms with Crippen LogP contribution >= 0.6 is 0 Å². The van der Waals surface area contributed by atoms with Crippen molar-refractivity contribution in [3.05, 3.63) is 170 Å². The first-order valence-corrected chi connectivity index (χ1v) is 17.8. The summed E-state index contributed by atoms with van der Waals surface area (Å²) in [6.07, 6.45) is 0. The van der Waals surface area contributed by atoms with Crippen molar-refractivity contribution in [3.8, 4) is 33.4 Å². The first kappa shape index (κ1) is 25.7. The van der Waals surface area contributed by atoms with E-state index in [-0.39, 0.29) is 14.5 Å². The molecule has 9 aromatic carbocycles. The molecule has 0 saturated carbocycles. The van der Waals surface area contributed by atoms with Crippen LogP contribution in [0, 0.1) is 0 Å². The van der Waals surface area contributed by atoms with Gasteiger partial charge in [0.05, 0.1) is 0 Å². The zero-order chi connectivity index (χ0) is 31.8. The normalized spacial score (nSPS) is 12.1. The second-order valence-corrected chi connectivity index (χ2v) is 14.6. The van der Waals surface area contributed by atoms with Gasteiger partial charge in [0.25, 0.3) is 0 Å². The van der Waals surface area contributed by atoms with Gasteiger partial charge in [0.1, 0.15) is 0 Å². The predicted molar refractivity (Wildman–Crippen MR) is 205 cm³/mol. The molecule has 0 aliphatic rings. The Morgan fingerprint density at radius 2 is 0.894 bits per heavy atom. The van der Waals surface area contributed by atoms with Gasteiger partial charge >= 0.3 is 281 Å². The molecule has 1 heteroatoms. The van der Waals surface area contributed by atoms with Crippen LogP contribution in [0.5, 0.6) is 0 Å². The fourth-order valence-corrected chi connectivity index (χ4v) is 10.2. The van der Waals surface area contributed by atoms with E-state index < -0.39 is 0 Å². The third-order valence-electron chi connectivity index (χ3n) is 9.71. The van der Waals surface area contributed by atoms with Crippen molar-refractivity contribution < 1.29 is 1.37 Å². The van der Waals surface area contributed by atoms with Crippen LogP contribution in [0.2, 0.25) is 0 Å². The third kappa shape index (κ3) is 4.08. The van der Waals surface area contributed by atoms with E-state index in [4.69, 9.17) is 1.37 Å². The summed E-state index contributed by atoms with van der Waals surface area (Å²) in [6.45, 7) is 0. The quantitative estimate of drug-likeness (QED) is 0.131. The number of fused-ring (bicyclic) bond motifs is 7. The van der Waals surface area contributed by atoms with Crippen LogP contribution in [0.25, 0.3) is 95.8 Å². The number of hydrogen-bond acceptors (Lipinski definition) is 0. The molecule has 1 heterocycles. The molecule has 0 unspecified atom stereocenters. The van der Waals surface area contributed by atoms with Gasteiger partial charge < -0.3 is 0 Å². The number of benzene rings is 9. The van der Waals surface area contributed by atoms with Gasteiger partial charge in [-0.3, -0.25) is 0 Å². The van der Waals surface area contributed by atoms with Crippen molar-refractivity contribution in [3.63, 3.8) is 0 Å². The zero-order valence-electron chi connectivity index (χ0n) is 26.5. The Balaban J connectivity index is 1.27. The molecule has 0 radical (unpaired) electrons. The molecule has 0 aliphatic carbocycles. The van der Waals surface area contributed by atoms with E-state index in [1.165, 1.54) is 74.2 Å². The summed E-state index contributed by atoms with van der Waals surface area (Å²) < 4.78 is 11.8. The number of rotatable bonds is 3. The molecule has 0 saturated heterocycles. The Morgan fingerprint density at radius 3 is 1.53 bits per heavy atom. The Morgan fingerprint density at radius 1 is 0.362 bits per heavy atom. The second-order valence-electron chi connectivity index (χ2n) is 12.3. The summed E-state index contributed by atoms with van der Waals surface area (Å²) in [5.41, 5.74) is 7.61. The molecule has 10 rings (SSSR count). The SMILES string of the molecule is [2H]c1c2ccccc2c(-c2ccc3c(c2)[se]c2cccc(-c4c5ccccc5c(-c5ccccc5)c5ccccc45)c23)c2ccccc12. The second kappa shape index (κ2) is 10.5. The first-order valence-electron chi connectivity index (χ1n) is 16.6. The van der Waals surface area contributed by atoms with Crippen molar-refractivity contribution in [1.82, 2.24) is 0 Å². The van der Waals surface area contributed by atoms with E-state index >= 15 is 0 Å². The van der Waals surface area contributed by atoms with Crippen LogP contribution in [0.3, 0.4) is 0 Å². The van der Waals surface area contributed by atoms with Gasteiger partial charge in [-0.25, -0.2) is 0 Å². The van der Waals surface area contributed by atoms with E-state index in [1.807, 2.05) is 12.1 Å². The van der Waals surface area contributed by atoms with E-state index in [2.05, 4.69) is 152 Å². The molecule has 0 spiro atoms. The molecule has 10 aromatic rings. The van der Waals surface area contributed by atoms with Gasteiger partial charge in [-0.1, -0.05) is 0 Å². The topological polar surface area (TPSA) is 0 Å². The molecule has 47 heavy (non-hydrogen) atoms. The maximum atomic E-state index is 8.99. The molecule has 0 aliphatic heterocycles. The Bertz CT molecular complexity index is 2780. The fourth-order valence-electron chi connectivity index (χ4n) is 7.75. The van der Waals surface area contributed by atoms with Crippen LogP contribution in [-0.4, -0.2) is 14.5 Å². The molecule has 0 fully saturated rings. The molecule has 1 aromatic heterocycles. The maximum absolute atomic E-state index is 8.99. The summed E-state index contributed by atoms with van der Waals surface area (Å²) in [7, 11) is 0. The van der Waals surface area contributed by atoms with E-state index in [1.54, 1.807) is 0 Å². The van der Waals surface area contributed by atoms with Crippen molar-refractivity contribution in [2.75, 3.05) is 0 Å². The van der Waals surface area contributed by atoms with Gasteiger partial charge in [-0.15, -0.1) is 0 Å². The number of hydrogen-bond donors (Lipinski definition) is 0. The summed E-state index contributed by atoms with van der Waals surface area (Å²) in [5, 5.41) is 12.1. The van der Waals surface area contributed by atoms with Gasteiger partial charge in [0, 0.05) is 0 Å². The van der Waals surface area contributed by atoms with E-state index in [0.717, 1.165) is 21.5 Å². The predicted octanol–water partition coefficient (Wildman–Crippen LogP) is 12.7. The van der Waals surface area contributed by atoms with E-state index in [9.17, 15) is 0 Å². The Kier molecular flexibility index (Phi) is 5.76. The van der Waals surface area contributed by atoms with Gasteiger partial charge in [-0.2, -0.15) is 0 Å². The van der Waals surface area contributed by atoms with Crippen molar-refractivity contribution in [2.24, 2.45) is 0 Å². The Hall–Kier alpha value is -5.46. The molecular weight excluding hydrogens is 631 g/mol. The van der Waals surface area contributed by atoms with Gasteiger partial charge in [0.15, 0.2) is 0 Å². The summed E-state index contributed by atoms with van der Waals surface area (Å²) in [6, 6.07) is 60.2. The van der Waals surface area contributed by atoms with Crippen LogP contribution in [0.4, 0.5) is 0 Å². The first-order chi connectivity index (χ1) is 23.8. The summed E-state index contributed by atoms with van der Waals surface area (Å²) in [5.74, 6) is 0. The average molecular weight is 661 g/mol. The van der Waals surface area contributed by atoms with Crippen molar-refractivity contribution >= 4 is 76.9 Å². The van der Waals surface area contributed by atoms with Crippen LogP contribution in [-0.2, 0) is 0 Å². The summed E-state index contributed by atoms with van der Waals surface area (Å²) >= 11 is 0.174.